The van der Waals surface area contributed by atoms with Gasteiger partial charge >= 0.3 is 0 Å². The lowest BCUT2D eigenvalue weighted by Gasteiger charge is -2.14. The molecule has 0 radical (unpaired) electrons. The molecule has 1 heterocycles. The molecule has 3 aromatic carbocycles. The van der Waals surface area contributed by atoms with Gasteiger partial charge in [0.15, 0.2) is 5.75 Å². The number of amides is 1. The van der Waals surface area contributed by atoms with Crippen LogP contribution >= 0.6 is 47.2 Å². The van der Waals surface area contributed by atoms with Gasteiger partial charge in [0.25, 0.3) is 5.91 Å². The van der Waals surface area contributed by atoms with Crippen LogP contribution in [0.5, 0.6) is 5.75 Å². The highest BCUT2D eigenvalue weighted by molar-refractivity contribution is 8.26. The van der Waals surface area contributed by atoms with Crippen LogP contribution in [-0.4, -0.2) is 15.1 Å². The average molecular weight is 529 g/mol. The molecule has 1 saturated heterocycles. The first-order chi connectivity index (χ1) is 16.4. The lowest BCUT2D eigenvalue weighted by atomic mass is 10.1. The molecular weight excluding hydrogens is 514 g/mol. The first-order valence-corrected chi connectivity index (χ1v) is 11.9. The van der Waals surface area contributed by atoms with Crippen molar-refractivity contribution in [2.45, 2.75) is 13.2 Å². The summed E-state index contributed by atoms with van der Waals surface area (Å²) in [5.74, 6) is -0.304. The molecule has 4 nitrogen and oxygen atoms in total. The van der Waals surface area contributed by atoms with Gasteiger partial charge in [-0.3, -0.25) is 9.69 Å². The number of benzene rings is 3. The number of nitrogens with zero attached hydrogens (tertiary/aromatic N) is 2. The van der Waals surface area contributed by atoms with Gasteiger partial charge in [0, 0.05) is 5.56 Å². The van der Waals surface area contributed by atoms with E-state index in [9.17, 15) is 14.4 Å². The zero-order valence-corrected chi connectivity index (χ0v) is 20.6. The molecule has 0 unspecified atom stereocenters. The van der Waals surface area contributed by atoms with Gasteiger partial charge in [-0.15, -0.1) is 0 Å². The number of ether oxygens (including phenoxy) is 1. The predicted molar refractivity (Wildman–Crippen MR) is 137 cm³/mol. The third-order valence-corrected chi connectivity index (χ3v) is 6.90. The number of hydrogen-bond donors (Lipinski definition) is 0. The summed E-state index contributed by atoms with van der Waals surface area (Å²) < 4.78 is 19.4. The van der Waals surface area contributed by atoms with Gasteiger partial charge in [-0.05, 0) is 47.5 Å². The number of hydrogen-bond acceptors (Lipinski definition) is 5. The summed E-state index contributed by atoms with van der Waals surface area (Å²) in [6.45, 7) is 0.380. The second-order valence-electron chi connectivity index (χ2n) is 7.27. The van der Waals surface area contributed by atoms with Gasteiger partial charge < -0.3 is 4.74 Å². The molecule has 1 aliphatic heterocycles. The summed E-state index contributed by atoms with van der Waals surface area (Å²) in [7, 11) is 0. The van der Waals surface area contributed by atoms with Crippen molar-refractivity contribution in [3.63, 3.8) is 0 Å². The summed E-state index contributed by atoms with van der Waals surface area (Å²) in [5, 5.41) is 9.77. The maximum Gasteiger partial charge on any atom is 0.266 e. The van der Waals surface area contributed by atoms with Crippen LogP contribution in [0.25, 0.3) is 6.08 Å². The first-order valence-electron chi connectivity index (χ1n) is 9.95. The van der Waals surface area contributed by atoms with Crippen LogP contribution < -0.4 is 4.74 Å². The molecule has 3 aromatic rings. The Morgan fingerprint density at radius 1 is 1.12 bits per heavy atom. The van der Waals surface area contributed by atoms with E-state index in [0.29, 0.717) is 25.9 Å². The molecule has 0 N–H and O–H groups in total. The lowest BCUT2D eigenvalue weighted by Crippen LogP contribution is -2.27. The molecule has 170 valence electrons. The largest absolute Gasteiger partial charge is 0.486 e. The fourth-order valence-electron chi connectivity index (χ4n) is 3.27. The summed E-state index contributed by atoms with van der Waals surface area (Å²) in [6.07, 6.45) is 1.66. The molecule has 0 aliphatic carbocycles. The van der Waals surface area contributed by atoms with Crippen molar-refractivity contribution in [1.82, 2.24) is 4.90 Å². The molecule has 34 heavy (non-hydrogen) atoms. The molecule has 0 bridgehead atoms. The molecule has 1 aliphatic rings. The highest BCUT2D eigenvalue weighted by atomic mass is 35.5. The molecule has 0 atom stereocenters. The fourth-order valence-corrected chi connectivity index (χ4v) is 5.13. The number of thiocarbonyl (C=S) groups is 1. The van der Waals surface area contributed by atoms with Crippen LogP contribution in [0.2, 0.25) is 10.0 Å². The van der Waals surface area contributed by atoms with Crippen LogP contribution in [0.1, 0.15) is 22.3 Å². The van der Waals surface area contributed by atoms with Gasteiger partial charge in [-0.2, -0.15) is 5.26 Å². The van der Waals surface area contributed by atoms with E-state index in [1.807, 2.05) is 6.07 Å². The average Bonchev–Trinajstić information content (AvgIpc) is 3.07. The van der Waals surface area contributed by atoms with Gasteiger partial charge in [0.2, 0.25) is 0 Å². The minimum atomic E-state index is -0.343. The van der Waals surface area contributed by atoms with Crippen LogP contribution in [0.15, 0.2) is 65.6 Å². The predicted octanol–water partition coefficient (Wildman–Crippen LogP) is 6.98. The van der Waals surface area contributed by atoms with E-state index in [1.165, 1.54) is 28.8 Å². The highest BCUT2D eigenvalue weighted by Crippen LogP contribution is 2.38. The lowest BCUT2D eigenvalue weighted by molar-refractivity contribution is -0.122. The van der Waals surface area contributed by atoms with Crippen molar-refractivity contribution in [3.05, 3.63) is 104 Å². The monoisotopic (exact) mass is 528 g/mol. The summed E-state index contributed by atoms with van der Waals surface area (Å²) in [6, 6.07) is 18.4. The SMILES string of the molecule is N#Cc1ccccc1COc1c(Cl)cc(C=C2SC(=S)N(Cc3ccc(F)cc3)C2=O)cc1Cl. The molecule has 0 aromatic heterocycles. The molecule has 9 heteroatoms. The third-order valence-electron chi connectivity index (χ3n) is 4.96. The molecular formula is C25H15Cl2FN2O2S2. The normalized spacial score (nSPS) is 14.5. The van der Waals surface area contributed by atoms with Crippen molar-refractivity contribution >= 4 is 63.5 Å². The van der Waals surface area contributed by atoms with Crippen molar-refractivity contribution in [1.29, 1.82) is 5.26 Å². The van der Waals surface area contributed by atoms with Gasteiger partial charge in [-0.1, -0.05) is 77.5 Å². The summed E-state index contributed by atoms with van der Waals surface area (Å²) in [5.41, 5.74) is 2.60. The smallest absolute Gasteiger partial charge is 0.266 e. The van der Waals surface area contributed by atoms with Crippen LogP contribution in [0, 0.1) is 17.1 Å². The number of nitriles is 1. The summed E-state index contributed by atoms with van der Waals surface area (Å²) >= 11 is 19.4. The Balaban J connectivity index is 1.51. The van der Waals surface area contributed by atoms with E-state index in [2.05, 4.69) is 6.07 Å². The Morgan fingerprint density at radius 2 is 1.79 bits per heavy atom. The minimum Gasteiger partial charge on any atom is -0.486 e. The van der Waals surface area contributed by atoms with E-state index in [0.717, 1.165) is 5.56 Å². The van der Waals surface area contributed by atoms with Crippen LogP contribution in [0.4, 0.5) is 4.39 Å². The summed E-state index contributed by atoms with van der Waals surface area (Å²) in [4.78, 5) is 14.8. The number of thioether (sulfide) groups is 1. The fraction of sp³-hybridized carbons (Fsp3) is 0.0800. The van der Waals surface area contributed by atoms with E-state index >= 15 is 0 Å². The molecule has 0 spiro atoms. The zero-order chi connectivity index (χ0) is 24.2. The van der Waals surface area contributed by atoms with E-state index in [-0.39, 0.29) is 40.7 Å². The quantitative estimate of drug-likeness (QED) is 0.255. The van der Waals surface area contributed by atoms with Crippen molar-refractivity contribution < 1.29 is 13.9 Å². The second kappa shape index (κ2) is 10.6. The van der Waals surface area contributed by atoms with E-state index < -0.39 is 0 Å². The number of rotatable bonds is 6. The van der Waals surface area contributed by atoms with E-state index in [1.54, 1.807) is 48.5 Å². The number of carbonyl (C=O) groups excluding carboxylic acids is 1. The Morgan fingerprint density at radius 3 is 2.47 bits per heavy atom. The standard InChI is InChI=1S/C25H15Cl2FN2O2S2/c26-20-9-16(10-21(27)23(20)32-14-18-4-2-1-3-17(18)12-29)11-22-24(31)30(25(33)34-22)13-15-5-7-19(28)8-6-15/h1-11H,13-14H2. The van der Waals surface area contributed by atoms with Crippen LogP contribution in [-0.2, 0) is 17.9 Å². The molecule has 0 saturated carbocycles. The number of carbonyl (C=O) groups is 1. The third kappa shape index (κ3) is 5.43. The maximum absolute atomic E-state index is 13.2. The Kier molecular flexibility index (Phi) is 7.54. The maximum atomic E-state index is 13.2. The number of halogens is 3. The van der Waals surface area contributed by atoms with Crippen LogP contribution in [0.3, 0.4) is 0 Å². The van der Waals surface area contributed by atoms with Crippen molar-refractivity contribution in [2.75, 3.05) is 0 Å². The topological polar surface area (TPSA) is 53.3 Å². The van der Waals surface area contributed by atoms with E-state index in [4.69, 9.17) is 40.2 Å². The van der Waals surface area contributed by atoms with Gasteiger partial charge in [0.05, 0.1) is 33.1 Å². The molecule has 4 rings (SSSR count). The van der Waals surface area contributed by atoms with Gasteiger partial charge in [0.1, 0.15) is 16.7 Å². The Hall–Kier alpha value is -2.89. The highest BCUT2D eigenvalue weighted by Gasteiger charge is 2.32. The Labute approximate surface area is 215 Å². The minimum absolute atomic E-state index is 0.130. The molecule has 1 amide bonds. The zero-order valence-electron chi connectivity index (χ0n) is 17.4. The molecule has 1 fully saturated rings. The van der Waals surface area contributed by atoms with Crippen molar-refractivity contribution in [2.24, 2.45) is 0 Å². The Bertz CT molecular complexity index is 1330. The van der Waals surface area contributed by atoms with Gasteiger partial charge in [-0.25, -0.2) is 4.39 Å². The second-order valence-corrected chi connectivity index (χ2v) is 9.76. The first kappa shape index (κ1) is 24.2. The van der Waals surface area contributed by atoms with Crippen molar-refractivity contribution in [3.8, 4) is 11.8 Å².